The third-order valence-electron chi connectivity index (χ3n) is 2.71. The summed E-state index contributed by atoms with van der Waals surface area (Å²) in [5.41, 5.74) is 0.144. The lowest BCUT2D eigenvalue weighted by molar-refractivity contribution is -0.0125. The monoisotopic (exact) mass is 349 g/mol. The van der Waals surface area contributed by atoms with Crippen LogP contribution < -0.4 is 0 Å². The molecule has 0 radical (unpaired) electrons. The Bertz CT molecular complexity index is 439. The average molecular weight is 349 g/mol. The minimum Gasteiger partial charge on any atom is -0.375 e. The van der Waals surface area contributed by atoms with Gasteiger partial charge in [-0.1, -0.05) is 6.07 Å². The van der Waals surface area contributed by atoms with Gasteiger partial charge in [-0.15, -0.1) is 0 Å². The maximum Gasteiger partial charge on any atom is 0.257 e. The molecule has 0 saturated carbocycles. The van der Waals surface area contributed by atoms with E-state index in [0.717, 1.165) is 0 Å². The molecule has 5 heteroatoms. The SMILES string of the molecule is C[C@H]1CN(C(=O)c2cccc(I)c2F)CCO1. The Labute approximate surface area is 113 Å². The molecule has 0 spiro atoms. The number of amides is 1. The molecule has 1 aromatic carbocycles. The standard InChI is InChI=1S/C12H13FINO2/c1-8-7-15(5-6-17-8)12(16)9-3-2-4-10(14)11(9)13/h2-4,8H,5-7H2,1H3/t8-/m0/s1. The zero-order valence-corrected chi connectivity index (χ0v) is 11.6. The lowest BCUT2D eigenvalue weighted by Crippen LogP contribution is -2.44. The zero-order valence-electron chi connectivity index (χ0n) is 9.45. The minimum atomic E-state index is -0.433. The fourth-order valence-electron chi connectivity index (χ4n) is 1.84. The minimum absolute atomic E-state index is 0.0125. The van der Waals surface area contributed by atoms with Gasteiger partial charge in [0.2, 0.25) is 0 Å². The summed E-state index contributed by atoms with van der Waals surface area (Å²) in [4.78, 5) is 13.8. The summed E-state index contributed by atoms with van der Waals surface area (Å²) < 4.78 is 19.6. The van der Waals surface area contributed by atoms with E-state index >= 15 is 0 Å². The van der Waals surface area contributed by atoms with Crippen LogP contribution >= 0.6 is 22.6 Å². The third kappa shape index (κ3) is 2.77. The van der Waals surface area contributed by atoms with Crippen molar-refractivity contribution in [3.63, 3.8) is 0 Å². The second-order valence-electron chi connectivity index (χ2n) is 4.03. The summed E-state index contributed by atoms with van der Waals surface area (Å²) in [5.74, 6) is -0.687. The molecule has 92 valence electrons. The largest absolute Gasteiger partial charge is 0.375 e. The molecule has 2 rings (SSSR count). The summed E-state index contributed by atoms with van der Waals surface area (Å²) in [6.07, 6.45) is 0.0125. The van der Waals surface area contributed by atoms with Gasteiger partial charge in [0, 0.05) is 16.7 Å². The molecule has 1 aliphatic heterocycles. The molecule has 0 unspecified atom stereocenters. The van der Waals surface area contributed by atoms with Gasteiger partial charge in [-0.25, -0.2) is 4.39 Å². The lowest BCUT2D eigenvalue weighted by atomic mass is 10.1. The van der Waals surface area contributed by atoms with Crippen molar-refractivity contribution in [2.75, 3.05) is 19.7 Å². The zero-order chi connectivity index (χ0) is 12.4. The maximum absolute atomic E-state index is 13.8. The molecule has 17 heavy (non-hydrogen) atoms. The van der Waals surface area contributed by atoms with Crippen LogP contribution in [-0.4, -0.2) is 36.6 Å². The maximum atomic E-state index is 13.8. The van der Waals surface area contributed by atoms with Crippen LogP contribution in [0.5, 0.6) is 0 Å². The van der Waals surface area contributed by atoms with Crippen molar-refractivity contribution in [2.45, 2.75) is 13.0 Å². The van der Waals surface area contributed by atoms with Crippen molar-refractivity contribution in [2.24, 2.45) is 0 Å². The van der Waals surface area contributed by atoms with Crippen LogP contribution in [0.3, 0.4) is 0 Å². The van der Waals surface area contributed by atoms with Gasteiger partial charge in [0.1, 0.15) is 5.82 Å². The highest BCUT2D eigenvalue weighted by molar-refractivity contribution is 14.1. The Balaban J connectivity index is 2.22. The van der Waals surface area contributed by atoms with E-state index in [-0.39, 0.29) is 17.6 Å². The first-order chi connectivity index (χ1) is 8.09. The molecule has 1 amide bonds. The van der Waals surface area contributed by atoms with E-state index in [0.29, 0.717) is 23.3 Å². The molecule has 1 atom stereocenters. The van der Waals surface area contributed by atoms with Gasteiger partial charge in [0.15, 0.2) is 0 Å². The van der Waals surface area contributed by atoms with Gasteiger partial charge in [0.05, 0.1) is 18.3 Å². The smallest absolute Gasteiger partial charge is 0.257 e. The molecule has 0 aliphatic carbocycles. The predicted molar refractivity (Wildman–Crippen MR) is 70.4 cm³/mol. The van der Waals surface area contributed by atoms with Crippen LogP contribution in [0.25, 0.3) is 0 Å². The topological polar surface area (TPSA) is 29.5 Å². The Morgan fingerprint density at radius 3 is 3.06 bits per heavy atom. The number of carbonyl (C=O) groups is 1. The highest BCUT2D eigenvalue weighted by atomic mass is 127. The molecule has 3 nitrogen and oxygen atoms in total. The van der Waals surface area contributed by atoms with Gasteiger partial charge >= 0.3 is 0 Å². The van der Waals surface area contributed by atoms with Crippen molar-refractivity contribution in [3.05, 3.63) is 33.1 Å². The number of ether oxygens (including phenoxy) is 1. The highest BCUT2D eigenvalue weighted by Crippen LogP contribution is 2.18. The number of morpholine rings is 1. The van der Waals surface area contributed by atoms with Gasteiger partial charge < -0.3 is 9.64 Å². The molecule has 1 heterocycles. The molecule has 1 aromatic rings. The van der Waals surface area contributed by atoms with E-state index in [9.17, 15) is 9.18 Å². The fourth-order valence-corrected chi connectivity index (χ4v) is 2.34. The molecule has 0 aromatic heterocycles. The van der Waals surface area contributed by atoms with Crippen molar-refractivity contribution < 1.29 is 13.9 Å². The van der Waals surface area contributed by atoms with E-state index in [4.69, 9.17) is 4.74 Å². The number of hydrogen-bond donors (Lipinski definition) is 0. The second kappa shape index (κ2) is 5.30. The Morgan fingerprint density at radius 2 is 2.35 bits per heavy atom. The summed E-state index contributed by atoms with van der Waals surface area (Å²) in [6, 6.07) is 4.87. The van der Waals surface area contributed by atoms with Crippen LogP contribution in [-0.2, 0) is 4.74 Å². The van der Waals surface area contributed by atoms with Gasteiger partial charge in [-0.05, 0) is 41.6 Å². The van der Waals surface area contributed by atoms with E-state index in [1.54, 1.807) is 17.0 Å². The Morgan fingerprint density at radius 1 is 1.59 bits per heavy atom. The molecule has 1 saturated heterocycles. The number of hydrogen-bond acceptors (Lipinski definition) is 2. The first-order valence-corrected chi connectivity index (χ1v) is 6.52. The number of nitrogens with zero attached hydrogens (tertiary/aromatic N) is 1. The first-order valence-electron chi connectivity index (χ1n) is 5.44. The molecule has 0 N–H and O–H groups in total. The number of carbonyl (C=O) groups excluding carboxylic acids is 1. The molecular formula is C12H13FINO2. The molecule has 1 fully saturated rings. The lowest BCUT2D eigenvalue weighted by Gasteiger charge is -2.31. The van der Waals surface area contributed by atoms with E-state index < -0.39 is 5.82 Å². The van der Waals surface area contributed by atoms with Crippen molar-refractivity contribution in [3.8, 4) is 0 Å². The van der Waals surface area contributed by atoms with Crippen molar-refractivity contribution >= 4 is 28.5 Å². The summed E-state index contributed by atoms with van der Waals surface area (Å²) in [7, 11) is 0. The normalized spacial score (nSPS) is 20.4. The van der Waals surface area contributed by atoms with Crippen molar-refractivity contribution in [1.29, 1.82) is 0 Å². The fraction of sp³-hybridized carbons (Fsp3) is 0.417. The predicted octanol–water partition coefficient (Wildman–Crippen LogP) is 2.29. The highest BCUT2D eigenvalue weighted by Gasteiger charge is 2.24. The van der Waals surface area contributed by atoms with Crippen LogP contribution in [0.1, 0.15) is 17.3 Å². The van der Waals surface area contributed by atoms with E-state index in [1.165, 1.54) is 6.07 Å². The van der Waals surface area contributed by atoms with Gasteiger partial charge in [-0.3, -0.25) is 4.79 Å². The number of rotatable bonds is 1. The second-order valence-corrected chi connectivity index (χ2v) is 5.20. The summed E-state index contributed by atoms with van der Waals surface area (Å²) in [6.45, 7) is 3.46. The molecule has 0 bridgehead atoms. The van der Waals surface area contributed by atoms with Crippen LogP contribution in [0, 0.1) is 9.39 Å². The molecular weight excluding hydrogens is 336 g/mol. The summed E-state index contributed by atoms with van der Waals surface area (Å²) in [5, 5.41) is 0. The number of halogens is 2. The third-order valence-corrected chi connectivity index (χ3v) is 3.54. The van der Waals surface area contributed by atoms with Gasteiger partial charge in [0.25, 0.3) is 5.91 Å². The number of benzene rings is 1. The van der Waals surface area contributed by atoms with Crippen LogP contribution in [0.2, 0.25) is 0 Å². The average Bonchev–Trinajstić information content (AvgIpc) is 2.32. The summed E-state index contributed by atoms with van der Waals surface area (Å²) >= 11 is 1.89. The Kier molecular flexibility index (Phi) is 3.98. The van der Waals surface area contributed by atoms with Gasteiger partial charge in [-0.2, -0.15) is 0 Å². The molecule has 1 aliphatic rings. The van der Waals surface area contributed by atoms with Crippen LogP contribution in [0.15, 0.2) is 18.2 Å². The van der Waals surface area contributed by atoms with Crippen LogP contribution in [0.4, 0.5) is 4.39 Å². The van der Waals surface area contributed by atoms with E-state index in [1.807, 2.05) is 29.5 Å². The first kappa shape index (κ1) is 12.8. The Hall–Kier alpha value is -0.690. The quantitative estimate of drug-likeness (QED) is 0.729. The van der Waals surface area contributed by atoms with E-state index in [2.05, 4.69) is 0 Å². The van der Waals surface area contributed by atoms with Crippen molar-refractivity contribution in [1.82, 2.24) is 4.90 Å².